The molecular weight excluding hydrogens is 342 g/mol. The average Bonchev–Trinajstić information content (AvgIpc) is 3.30. The Morgan fingerprint density at radius 1 is 0.500 bits per heavy atom. The molecule has 2 nitrogen and oxygen atoms in total. The van der Waals surface area contributed by atoms with Crippen LogP contribution in [0, 0.1) is 0 Å². The number of fused-ring (bicyclic) bond motifs is 1. The zero-order valence-corrected chi connectivity index (χ0v) is 15.3. The maximum Gasteiger partial charge on any atom is 0.134 e. The van der Waals surface area contributed by atoms with Crippen molar-refractivity contribution in [1.29, 1.82) is 0 Å². The first-order valence-corrected chi connectivity index (χ1v) is 9.38. The van der Waals surface area contributed by atoms with E-state index in [4.69, 9.17) is 4.42 Å². The molecule has 0 N–H and O–H groups in total. The molecule has 0 saturated carbocycles. The number of nitrogens with zero attached hydrogens (tertiary/aromatic N) is 1. The van der Waals surface area contributed by atoms with Crippen LogP contribution in [0.25, 0.3) is 22.1 Å². The third kappa shape index (κ3) is 2.85. The highest BCUT2D eigenvalue weighted by Gasteiger charge is 2.17. The summed E-state index contributed by atoms with van der Waals surface area (Å²) in [7, 11) is 0. The Balaban J connectivity index is 1.78. The molecule has 0 fully saturated rings. The summed E-state index contributed by atoms with van der Waals surface area (Å²) in [6.07, 6.45) is 1.72. The van der Waals surface area contributed by atoms with E-state index in [1.807, 2.05) is 24.3 Å². The first-order chi connectivity index (χ1) is 13.9. The number of hydrogen-bond acceptors (Lipinski definition) is 2. The predicted molar refractivity (Wildman–Crippen MR) is 116 cm³/mol. The molecule has 0 aliphatic rings. The minimum absolute atomic E-state index is 0.883. The van der Waals surface area contributed by atoms with E-state index in [-0.39, 0.29) is 0 Å². The number of rotatable bonds is 4. The molecule has 0 spiro atoms. The molecule has 5 aromatic rings. The zero-order chi connectivity index (χ0) is 18.8. The first kappa shape index (κ1) is 16.4. The summed E-state index contributed by atoms with van der Waals surface area (Å²) in [5.41, 5.74) is 4.50. The van der Waals surface area contributed by atoms with Gasteiger partial charge in [0.1, 0.15) is 5.76 Å². The van der Waals surface area contributed by atoms with Crippen molar-refractivity contribution in [2.45, 2.75) is 0 Å². The highest BCUT2D eigenvalue weighted by Crippen LogP contribution is 2.41. The number of hydrogen-bond donors (Lipinski definition) is 0. The van der Waals surface area contributed by atoms with Gasteiger partial charge < -0.3 is 9.32 Å². The summed E-state index contributed by atoms with van der Waals surface area (Å²) in [6, 6.07) is 37.7. The Hall–Kier alpha value is -3.78. The van der Waals surface area contributed by atoms with Crippen molar-refractivity contribution in [3.05, 3.63) is 115 Å². The van der Waals surface area contributed by atoms with E-state index in [0.717, 1.165) is 28.4 Å². The van der Waals surface area contributed by atoms with E-state index in [2.05, 4.69) is 89.8 Å². The van der Waals surface area contributed by atoms with Gasteiger partial charge in [-0.3, -0.25) is 0 Å². The molecule has 0 amide bonds. The van der Waals surface area contributed by atoms with Crippen LogP contribution in [0.3, 0.4) is 0 Å². The molecule has 134 valence electrons. The fraction of sp³-hybridized carbons (Fsp3) is 0. The van der Waals surface area contributed by atoms with Gasteiger partial charge in [0.25, 0.3) is 0 Å². The summed E-state index contributed by atoms with van der Waals surface area (Å²) in [4.78, 5) is 2.30. The van der Waals surface area contributed by atoms with Gasteiger partial charge in [-0.1, -0.05) is 60.7 Å². The predicted octanol–water partition coefficient (Wildman–Crippen LogP) is 7.57. The standard InChI is InChI=1S/C26H19NO/c1-3-10-20(11-4-1)27(21-12-5-2-6-13-21)25-18-17-24(26-16-9-19-28-26)22-14-7-8-15-23(22)25/h1-19H. The Morgan fingerprint density at radius 2 is 1.11 bits per heavy atom. The lowest BCUT2D eigenvalue weighted by molar-refractivity contribution is 0.583. The monoisotopic (exact) mass is 361 g/mol. The molecule has 0 atom stereocenters. The van der Waals surface area contributed by atoms with Crippen molar-refractivity contribution in [2.24, 2.45) is 0 Å². The highest BCUT2D eigenvalue weighted by atomic mass is 16.3. The van der Waals surface area contributed by atoms with Gasteiger partial charge in [-0.05, 0) is 53.9 Å². The van der Waals surface area contributed by atoms with Crippen molar-refractivity contribution < 1.29 is 4.42 Å². The maximum atomic E-state index is 5.68. The SMILES string of the molecule is c1ccc(N(c2ccccc2)c2ccc(-c3ccco3)c3ccccc23)cc1. The Bertz CT molecular complexity index is 1160. The molecule has 28 heavy (non-hydrogen) atoms. The van der Waals surface area contributed by atoms with Crippen LogP contribution in [0.4, 0.5) is 17.1 Å². The molecular formula is C26H19NO. The Labute approximate surface area is 164 Å². The summed E-state index contributed by atoms with van der Waals surface area (Å²) in [6.45, 7) is 0. The van der Waals surface area contributed by atoms with E-state index in [1.165, 1.54) is 10.8 Å². The maximum absolute atomic E-state index is 5.68. The van der Waals surface area contributed by atoms with Gasteiger partial charge in [0.05, 0.1) is 12.0 Å². The zero-order valence-electron chi connectivity index (χ0n) is 15.3. The molecule has 4 aromatic carbocycles. The van der Waals surface area contributed by atoms with Gasteiger partial charge in [-0.15, -0.1) is 0 Å². The summed E-state index contributed by atoms with van der Waals surface area (Å²) >= 11 is 0. The summed E-state index contributed by atoms with van der Waals surface area (Å²) in [5.74, 6) is 0.883. The van der Waals surface area contributed by atoms with E-state index < -0.39 is 0 Å². The van der Waals surface area contributed by atoms with Gasteiger partial charge in [0.2, 0.25) is 0 Å². The largest absolute Gasteiger partial charge is 0.464 e. The molecule has 0 radical (unpaired) electrons. The van der Waals surface area contributed by atoms with Crippen LogP contribution in [-0.4, -0.2) is 0 Å². The molecule has 0 unspecified atom stereocenters. The van der Waals surface area contributed by atoms with Crippen molar-refractivity contribution >= 4 is 27.8 Å². The van der Waals surface area contributed by atoms with Crippen molar-refractivity contribution in [3.8, 4) is 11.3 Å². The van der Waals surface area contributed by atoms with E-state index in [0.29, 0.717) is 0 Å². The fourth-order valence-corrected chi connectivity index (χ4v) is 3.71. The van der Waals surface area contributed by atoms with Gasteiger partial charge in [-0.2, -0.15) is 0 Å². The number of para-hydroxylation sites is 2. The lowest BCUT2D eigenvalue weighted by Crippen LogP contribution is -2.10. The van der Waals surface area contributed by atoms with Crippen LogP contribution in [0.15, 0.2) is 120 Å². The lowest BCUT2D eigenvalue weighted by Gasteiger charge is -2.27. The summed E-state index contributed by atoms with van der Waals surface area (Å²) < 4.78 is 5.68. The number of anilines is 3. The Morgan fingerprint density at radius 3 is 1.71 bits per heavy atom. The Kier molecular flexibility index (Phi) is 4.15. The van der Waals surface area contributed by atoms with E-state index >= 15 is 0 Å². The van der Waals surface area contributed by atoms with Crippen LogP contribution in [-0.2, 0) is 0 Å². The highest BCUT2D eigenvalue weighted by molar-refractivity contribution is 6.05. The average molecular weight is 361 g/mol. The number of furan rings is 1. The van der Waals surface area contributed by atoms with E-state index in [1.54, 1.807) is 6.26 Å². The minimum Gasteiger partial charge on any atom is -0.464 e. The second-order valence-corrected chi connectivity index (χ2v) is 6.66. The van der Waals surface area contributed by atoms with Crippen molar-refractivity contribution in [3.63, 3.8) is 0 Å². The van der Waals surface area contributed by atoms with E-state index in [9.17, 15) is 0 Å². The van der Waals surface area contributed by atoms with Crippen LogP contribution >= 0.6 is 0 Å². The molecule has 1 heterocycles. The second kappa shape index (κ2) is 7.09. The normalized spacial score (nSPS) is 10.9. The minimum atomic E-state index is 0.883. The molecule has 2 heteroatoms. The second-order valence-electron chi connectivity index (χ2n) is 6.66. The van der Waals surface area contributed by atoms with Crippen molar-refractivity contribution in [1.82, 2.24) is 0 Å². The van der Waals surface area contributed by atoms with Crippen LogP contribution < -0.4 is 4.90 Å². The summed E-state index contributed by atoms with van der Waals surface area (Å²) in [5, 5.41) is 2.36. The lowest BCUT2D eigenvalue weighted by atomic mass is 10.00. The van der Waals surface area contributed by atoms with Gasteiger partial charge in [0, 0.05) is 22.3 Å². The van der Waals surface area contributed by atoms with Crippen LogP contribution in [0.2, 0.25) is 0 Å². The number of benzene rings is 4. The quantitative estimate of drug-likeness (QED) is 0.328. The molecule has 0 bridgehead atoms. The third-order valence-corrected chi connectivity index (χ3v) is 4.96. The molecule has 0 aliphatic heterocycles. The molecule has 1 aromatic heterocycles. The van der Waals surface area contributed by atoms with Crippen LogP contribution in [0.1, 0.15) is 0 Å². The van der Waals surface area contributed by atoms with Crippen molar-refractivity contribution in [2.75, 3.05) is 4.90 Å². The smallest absolute Gasteiger partial charge is 0.134 e. The first-order valence-electron chi connectivity index (χ1n) is 9.38. The van der Waals surface area contributed by atoms with Gasteiger partial charge in [-0.25, -0.2) is 0 Å². The fourth-order valence-electron chi connectivity index (χ4n) is 3.71. The third-order valence-electron chi connectivity index (χ3n) is 4.96. The van der Waals surface area contributed by atoms with Gasteiger partial charge in [0.15, 0.2) is 0 Å². The molecule has 0 saturated heterocycles. The molecule has 0 aliphatic carbocycles. The van der Waals surface area contributed by atoms with Crippen LogP contribution in [0.5, 0.6) is 0 Å². The molecule has 5 rings (SSSR count). The van der Waals surface area contributed by atoms with Gasteiger partial charge >= 0.3 is 0 Å². The topological polar surface area (TPSA) is 16.4 Å².